The van der Waals surface area contributed by atoms with E-state index in [2.05, 4.69) is 83.9 Å². The highest BCUT2D eigenvalue weighted by atomic mass is 31.1. The van der Waals surface area contributed by atoms with Gasteiger partial charge in [-0.15, -0.1) is 0 Å². The summed E-state index contributed by atoms with van der Waals surface area (Å²) in [6.45, 7) is 1.95. The van der Waals surface area contributed by atoms with Gasteiger partial charge in [0.2, 0.25) is 0 Å². The fourth-order valence-corrected chi connectivity index (χ4v) is 5.68. The Morgan fingerprint density at radius 1 is 0.724 bits per heavy atom. The van der Waals surface area contributed by atoms with Crippen LogP contribution < -0.4 is 15.9 Å². The molecule has 4 aromatic carbocycles. The minimum Gasteiger partial charge on any atom is -0.506 e. The van der Waals surface area contributed by atoms with E-state index in [1.54, 1.807) is 6.07 Å². The first-order valence-electron chi connectivity index (χ1n) is 9.55. The van der Waals surface area contributed by atoms with Gasteiger partial charge in [0.15, 0.2) is 0 Å². The van der Waals surface area contributed by atoms with E-state index in [0.717, 1.165) is 11.1 Å². The van der Waals surface area contributed by atoms with E-state index < -0.39 is 7.92 Å². The second kappa shape index (κ2) is 8.86. The van der Waals surface area contributed by atoms with Crippen LogP contribution in [0.25, 0.3) is 0 Å². The maximum absolute atomic E-state index is 10.2. The molecule has 0 aromatic heterocycles. The summed E-state index contributed by atoms with van der Waals surface area (Å²) in [4.78, 5) is 4.58. The van der Waals surface area contributed by atoms with Gasteiger partial charge in [-0.1, -0.05) is 91.0 Å². The summed E-state index contributed by atoms with van der Waals surface area (Å²) in [5, 5.41) is 14.0. The van der Waals surface area contributed by atoms with E-state index in [0.29, 0.717) is 5.69 Å². The van der Waals surface area contributed by atoms with Crippen LogP contribution in [0.5, 0.6) is 5.75 Å². The minimum absolute atomic E-state index is 0.201. The molecule has 0 unspecified atom stereocenters. The van der Waals surface area contributed by atoms with Gasteiger partial charge in [0, 0.05) is 11.8 Å². The molecule has 0 spiro atoms. The van der Waals surface area contributed by atoms with Crippen molar-refractivity contribution in [2.24, 2.45) is 4.99 Å². The Kier molecular flexibility index (Phi) is 5.84. The van der Waals surface area contributed by atoms with E-state index in [1.807, 2.05) is 31.3 Å². The van der Waals surface area contributed by atoms with Crippen molar-refractivity contribution in [3.8, 4) is 5.75 Å². The van der Waals surface area contributed by atoms with Crippen LogP contribution in [0.3, 0.4) is 0 Å². The van der Waals surface area contributed by atoms with Crippen molar-refractivity contribution in [2.75, 3.05) is 0 Å². The number of hydrogen-bond acceptors (Lipinski definition) is 2. The Hall–Kier alpha value is -3.22. The molecule has 2 nitrogen and oxygen atoms in total. The highest BCUT2D eigenvalue weighted by Crippen LogP contribution is 2.34. The summed E-state index contributed by atoms with van der Waals surface area (Å²) in [5.41, 5.74) is 2.65. The Bertz CT molecular complexity index is 1080. The lowest BCUT2D eigenvalue weighted by atomic mass is 10.2. The van der Waals surface area contributed by atoms with Gasteiger partial charge in [0.1, 0.15) is 11.4 Å². The van der Waals surface area contributed by atoms with Gasteiger partial charge in [-0.2, -0.15) is 0 Å². The van der Waals surface area contributed by atoms with E-state index in [9.17, 15) is 5.11 Å². The molecular formula is C26H22NOP. The Morgan fingerprint density at radius 3 is 1.93 bits per heavy atom. The van der Waals surface area contributed by atoms with Gasteiger partial charge in [-0.3, -0.25) is 4.99 Å². The smallest absolute Gasteiger partial charge is 0.141 e. The number of aliphatic imine (C=N–C) groups is 1. The van der Waals surface area contributed by atoms with Crippen LogP contribution in [-0.4, -0.2) is 11.3 Å². The van der Waals surface area contributed by atoms with Crippen molar-refractivity contribution in [1.29, 1.82) is 0 Å². The minimum atomic E-state index is -0.714. The average Bonchev–Trinajstić information content (AvgIpc) is 2.76. The highest BCUT2D eigenvalue weighted by molar-refractivity contribution is 7.80. The number of aromatic hydroxyl groups is 1. The van der Waals surface area contributed by atoms with Crippen LogP contribution in [0.1, 0.15) is 11.1 Å². The molecule has 0 amide bonds. The molecule has 0 atom stereocenters. The second-order valence-electron chi connectivity index (χ2n) is 6.82. The zero-order chi connectivity index (χ0) is 20.1. The number of benzene rings is 4. The molecule has 0 radical (unpaired) electrons. The van der Waals surface area contributed by atoms with Gasteiger partial charge >= 0.3 is 0 Å². The molecule has 4 aromatic rings. The van der Waals surface area contributed by atoms with E-state index >= 15 is 0 Å². The molecule has 29 heavy (non-hydrogen) atoms. The van der Waals surface area contributed by atoms with Crippen molar-refractivity contribution < 1.29 is 5.11 Å². The lowest BCUT2D eigenvalue weighted by Crippen LogP contribution is -2.23. The third kappa shape index (κ3) is 4.45. The summed E-state index contributed by atoms with van der Waals surface area (Å²) in [6.07, 6.45) is 1.86. The number of phenols is 1. The number of hydrogen-bond donors (Lipinski definition) is 1. The number of phenolic OH excluding ortho intramolecular Hbond substituents is 1. The summed E-state index contributed by atoms with van der Waals surface area (Å²) < 4.78 is 0. The molecule has 0 saturated carbocycles. The third-order valence-electron chi connectivity index (χ3n) is 4.68. The molecule has 0 bridgehead atoms. The van der Waals surface area contributed by atoms with Crippen molar-refractivity contribution in [3.63, 3.8) is 0 Å². The Morgan fingerprint density at radius 2 is 1.31 bits per heavy atom. The predicted octanol–water partition coefficient (Wildman–Crippen LogP) is 5.21. The first-order chi connectivity index (χ1) is 14.2. The zero-order valence-corrected chi connectivity index (χ0v) is 17.1. The first-order valence-corrected chi connectivity index (χ1v) is 10.9. The van der Waals surface area contributed by atoms with Crippen molar-refractivity contribution in [1.82, 2.24) is 0 Å². The number of aryl methyl sites for hydroxylation is 1. The van der Waals surface area contributed by atoms with Gasteiger partial charge in [-0.25, -0.2) is 0 Å². The van der Waals surface area contributed by atoms with E-state index in [1.165, 1.54) is 15.9 Å². The van der Waals surface area contributed by atoms with Crippen LogP contribution in [-0.2, 0) is 0 Å². The highest BCUT2D eigenvalue weighted by Gasteiger charge is 2.18. The van der Waals surface area contributed by atoms with E-state index in [4.69, 9.17) is 0 Å². The summed E-state index contributed by atoms with van der Waals surface area (Å²) in [5.74, 6) is 0.201. The molecule has 4 rings (SSSR count). The molecule has 0 saturated heterocycles. The Labute approximate surface area is 173 Å². The molecule has 0 heterocycles. The fourth-order valence-electron chi connectivity index (χ4n) is 3.26. The van der Waals surface area contributed by atoms with Gasteiger partial charge in [0.05, 0.1) is 0 Å². The van der Waals surface area contributed by atoms with Crippen LogP contribution in [0.15, 0.2) is 108 Å². The Balaban J connectivity index is 1.80. The molecule has 0 aliphatic heterocycles. The van der Waals surface area contributed by atoms with Crippen molar-refractivity contribution >= 4 is 35.7 Å². The lowest BCUT2D eigenvalue weighted by Gasteiger charge is -2.21. The number of nitrogens with zero attached hydrogens (tertiary/aromatic N) is 1. The summed E-state index contributed by atoms with van der Waals surface area (Å²) in [6, 6.07) is 35.2. The predicted molar refractivity (Wildman–Crippen MR) is 125 cm³/mol. The normalized spacial score (nSPS) is 11.2. The molecule has 0 fully saturated rings. The first kappa shape index (κ1) is 19.1. The molecule has 0 aliphatic carbocycles. The standard InChI is InChI=1S/C26H22NOP/c1-20-16-17-24(25(28)18-20)27-19-21-10-8-9-15-26(21)29(22-11-4-2-5-12-22)23-13-6-3-7-14-23/h2-19,28H,1H3/b27-19+. The van der Waals surface area contributed by atoms with Crippen LogP contribution in [0.4, 0.5) is 5.69 Å². The summed E-state index contributed by atoms with van der Waals surface area (Å²) >= 11 is 0. The molecule has 0 aliphatic rings. The summed E-state index contributed by atoms with van der Waals surface area (Å²) in [7, 11) is -0.714. The number of rotatable bonds is 5. The third-order valence-corrected chi connectivity index (χ3v) is 7.20. The van der Waals surface area contributed by atoms with Crippen LogP contribution >= 0.6 is 7.92 Å². The quantitative estimate of drug-likeness (QED) is 0.365. The molecule has 142 valence electrons. The maximum atomic E-state index is 10.2. The van der Waals surface area contributed by atoms with Crippen LogP contribution in [0.2, 0.25) is 0 Å². The lowest BCUT2D eigenvalue weighted by molar-refractivity contribution is 0.476. The van der Waals surface area contributed by atoms with Gasteiger partial charge in [0.25, 0.3) is 0 Å². The second-order valence-corrected chi connectivity index (χ2v) is 9.00. The SMILES string of the molecule is Cc1ccc(/N=C/c2ccccc2P(c2ccccc2)c2ccccc2)c(O)c1. The topological polar surface area (TPSA) is 32.6 Å². The average molecular weight is 395 g/mol. The van der Waals surface area contributed by atoms with Crippen molar-refractivity contribution in [2.45, 2.75) is 6.92 Å². The fraction of sp³-hybridized carbons (Fsp3) is 0.0385. The van der Waals surface area contributed by atoms with E-state index in [-0.39, 0.29) is 5.75 Å². The molecular weight excluding hydrogens is 373 g/mol. The molecule has 1 N–H and O–H groups in total. The zero-order valence-electron chi connectivity index (χ0n) is 16.2. The van der Waals surface area contributed by atoms with Crippen LogP contribution in [0, 0.1) is 6.92 Å². The monoisotopic (exact) mass is 395 g/mol. The molecule has 3 heteroatoms. The van der Waals surface area contributed by atoms with Gasteiger partial charge in [-0.05, 0) is 48.5 Å². The van der Waals surface area contributed by atoms with Gasteiger partial charge < -0.3 is 5.11 Å². The maximum Gasteiger partial charge on any atom is 0.141 e. The largest absolute Gasteiger partial charge is 0.506 e. The van der Waals surface area contributed by atoms with Crippen molar-refractivity contribution in [3.05, 3.63) is 114 Å².